The Morgan fingerprint density at radius 3 is 2.22 bits per heavy atom. The number of carbonyl (C=O) groups is 3. The molecule has 1 saturated carbocycles. The summed E-state index contributed by atoms with van der Waals surface area (Å²) in [5.41, 5.74) is 0.0759. The molecule has 7 nitrogen and oxygen atoms in total. The van der Waals surface area contributed by atoms with Crippen LogP contribution < -0.4 is 5.32 Å². The lowest BCUT2D eigenvalue weighted by molar-refractivity contribution is -0.145. The minimum atomic E-state index is -0.935. The molecule has 3 amide bonds. The highest BCUT2D eigenvalue weighted by atomic mass is 16.6. The van der Waals surface area contributed by atoms with Crippen molar-refractivity contribution in [1.29, 1.82) is 0 Å². The molecule has 0 radical (unpaired) electrons. The van der Waals surface area contributed by atoms with Crippen LogP contribution in [0.1, 0.15) is 38.3 Å². The molecular formula is C20H27N3O4. The average Bonchev–Trinajstić information content (AvgIpc) is 3.50. The van der Waals surface area contributed by atoms with E-state index in [1.54, 1.807) is 16.7 Å². The summed E-state index contributed by atoms with van der Waals surface area (Å²) in [7, 11) is 0. The summed E-state index contributed by atoms with van der Waals surface area (Å²) in [6.07, 6.45) is 0.814. The summed E-state index contributed by atoms with van der Waals surface area (Å²) in [6, 6.07) is 9.56. The summed E-state index contributed by atoms with van der Waals surface area (Å²) < 4.78 is 5.00. The second-order valence-electron chi connectivity index (χ2n) is 7.17. The van der Waals surface area contributed by atoms with Crippen LogP contribution >= 0.6 is 0 Å². The standard InChI is InChI=1S/C20H27N3O4/c1-3-27-19(26)23-13-11-22(12-14-23)18(25)20(9-10-20)17(24)21-15(2)16-7-5-4-6-8-16/h4-8,15H,3,9-14H2,1-2H3,(H,21,24). The van der Waals surface area contributed by atoms with Crippen molar-refractivity contribution >= 4 is 17.9 Å². The monoisotopic (exact) mass is 373 g/mol. The molecule has 0 aromatic heterocycles. The second-order valence-corrected chi connectivity index (χ2v) is 7.17. The fraction of sp³-hybridized carbons (Fsp3) is 0.550. The summed E-state index contributed by atoms with van der Waals surface area (Å²) in [5.74, 6) is -0.319. The molecule has 1 aromatic rings. The van der Waals surface area contributed by atoms with Gasteiger partial charge < -0.3 is 19.9 Å². The van der Waals surface area contributed by atoms with Gasteiger partial charge in [0.25, 0.3) is 0 Å². The number of ether oxygens (including phenoxy) is 1. The van der Waals surface area contributed by atoms with Crippen molar-refractivity contribution in [3.63, 3.8) is 0 Å². The van der Waals surface area contributed by atoms with Crippen LogP contribution in [-0.4, -0.2) is 60.5 Å². The molecule has 1 heterocycles. The first-order valence-corrected chi connectivity index (χ1v) is 9.55. The minimum absolute atomic E-state index is 0.122. The van der Waals surface area contributed by atoms with Crippen molar-refractivity contribution in [1.82, 2.24) is 15.1 Å². The summed E-state index contributed by atoms with van der Waals surface area (Å²) in [6.45, 7) is 5.75. The maximum absolute atomic E-state index is 13.0. The van der Waals surface area contributed by atoms with E-state index in [1.165, 1.54) is 0 Å². The number of carbonyl (C=O) groups excluding carboxylic acids is 3. The third-order valence-electron chi connectivity index (χ3n) is 5.33. The molecule has 2 aliphatic rings. The van der Waals surface area contributed by atoms with E-state index in [4.69, 9.17) is 4.74 Å². The second kappa shape index (κ2) is 7.98. The van der Waals surface area contributed by atoms with Gasteiger partial charge in [0.15, 0.2) is 0 Å². The molecule has 1 aromatic carbocycles. The van der Waals surface area contributed by atoms with Crippen molar-refractivity contribution in [3.05, 3.63) is 35.9 Å². The van der Waals surface area contributed by atoms with Crippen LogP contribution in [0.25, 0.3) is 0 Å². The van der Waals surface area contributed by atoms with Gasteiger partial charge in [-0.2, -0.15) is 0 Å². The van der Waals surface area contributed by atoms with E-state index in [9.17, 15) is 14.4 Å². The summed E-state index contributed by atoms with van der Waals surface area (Å²) >= 11 is 0. The number of rotatable bonds is 5. The predicted molar refractivity (Wildman–Crippen MR) is 99.8 cm³/mol. The highest BCUT2D eigenvalue weighted by molar-refractivity contribution is 6.08. The maximum Gasteiger partial charge on any atom is 0.409 e. The number of nitrogens with one attached hydrogen (secondary N) is 1. The Labute approximate surface area is 159 Å². The molecular weight excluding hydrogens is 346 g/mol. The first-order chi connectivity index (χ1) is 13.0. The zero-order chi connectivity index (χ0) is 19.4. The smallest absolute Gasteiger partial charge is 0.409 e. The Balaban J connectivity index is 1.57. The van der Waals surface area contributed by atoms with Gasteiger partial charge in [-0.05, 0) is 32.3 Å². The van der Waals surface area contributed by atoms with E-state index in [0.717, 1.165) is 5.56 Å². The van der Waals surface area contributed by atoms with Gasteiger partial charge in [-0.3, -0.25) is 9.59 Å². The van der Waals surface area contributed by atoms with E-state index < -0.39 is 5.41 Å². The topological polar surface area (TPSA) is 79.0 Å². The Morgan fingerprint density at radius 2 is 1.67 bits per heavy atom. The molecule has 1 aliphatic heterocycles. The predicted octanol–water partition coefficient (Wildman–Crippen LogP) is 1.94. The van der Waals surface area contributed by atoms with Crippen molar-refractivity contribution in [2.45, 2.75) is 32.7 Å². The van der Waals surface area contributed by atoms with Crippen LogP contribution in [0.4, 0.5) is 4.79 Å². The summed E-state index contributed by atoms with van der Waals surface area (Å²) in [4.78, 5) is 40.9. The van der Waals surface area contributed by atoms with Gasteiger partial charge in [0.2, 0.25) is 11.8 Å². The number of hydrogen-bond donors (Lipinski definition) is 1. The molecule has 1 atom stereocenters. The largest absolute Gasteiger partial charge is 0.450 e. The van der Waals surface area contributed by atoms with Crippen LogP contribution in [0.3, 0.4) is 0 Å². The highest BCUT2D eigenvalue weighted by Crippen LogP contribution is 2.48. The Morgan fingerprint density at radius 1 is 1.07 bits per heavy atom. The molecule has 27 heavy (non-hydrogen) atoms. The molecule has 0 bridgehead atoms. The van der Waals surface area contributed by atoms with E-state index in [1.807, 2.05) is 37.3 Å². The molecule has 2 fully saturated rings. The molecule has 1 unspecified atom stereocenters. The third kappa shape index (κ3) is 4.07. The quantitative estimate of drug-likeness (QED) is 0.800. The van der Waals surface area contributed by atoms with Crippen LogP contribution in [0.2, 0.25) is 0 Å². The van der Waals surface area contributed by atoms with Crippen LogP contribution in [0.5, 0.6) is 0 Å². The van der Waals surface area contributed by atoms with Crippen LogP contribution in [-0.2, 0) is 14.3 Å². The Bertz CT molecular complexity index is 694. The Hall–Kier alpha value is -2.57. The number of nitrogens with zero attached hydrogens (tertiary/aromatic N) is 2. The van der Waals surface area contributed by atoms with E-state index in [-0.39, 0.29) is 23.9 Å². The van der Waals surface area contributed by atoms with Crippen LogP contribution in [0.15, 0.2) is 30.3 Å². The van der Waals surface area contributed by atoms with E-state index in [0.29, 0.717) is 45.6 Å². The first kappa shape index (κ1) is 19.2. The molecule has 7 heteroatoms. The Kier molecular flexibility index (Phi) is 5.68. The number of amides is 3. The zero-order valence-electron chi connectivity index (χ0n) is 15.9. The number of piperazine rings is 1. The van der Waals surface area contributed by atoms with Gasteiger partial charge in [0.05, 0.1) is 12.6 Å². The van der Waals surface area contributed by atoms with Crippen molar-refractivity contribution in [3.8, 4) is 0 Å². The molecule has 1 saturated heterocycles. The lowest BCUT2D eigenvalue weighted by atomic mass is 10.0. The third-order valence-corrected chi connectivity index (χ3v) is 5.33. The SMILES string of the molecule is CCOC(=O)N1CCN(C(=O)C2(C(=O)NC(C)c3ccccc3)CC2)CC1. The molecule has 1 N–H and O–H groups in total. The van der Waals surface area contributed by atoms with Gasteiger partial charge in [0.1, 0.15) is 5.41 Å². The molecule has 146 valence electrons. The maximum atomic E-state index is 13.0. The van der Waals surface area contributed by atoms with E-state index in [2.05, 4.69) is 5.32 Å². The highest BCUT2D eigenvalue weighted by Gasteiger charge is 2.58. The molecule has 1 aliphatic carbocycles. The minimum Gasteiger partial charge on any atom is -0.450 e. The lowest BCUT2D eigenvalue weighted by Crippen LogP contribution is -2.54. The zero-order valence-corrected chi connectivity index (χ0v) is 15.9. The van der Waals surface area contributed by atoms with E-state index >= 15 is 0 Å². The van der Waals surface area contributed by atoms with Crippen molar-refractivity contribution < 1.29 is 19.1 Å². The van der Waals surface area contributed by atoms with Gasteiger partial charge in [-0.15, -0.1) is 0 Å². The van der Waals surface area contributed by atoms with Gasteiger partial charge in [0, 0.05) is 26.2 Å². The van der Waals surface area contributed by atoms with Gasteiger partial charge >= 0.3 is 6.09 Å². The van der Waals surface area contributed by atoms with Gasteiger partial charge in [-0.25, -0.2) is 4.79 Å². The summed E-state index contributed by atoms with van der Waals surface area (Å²) in [5, 5.41) is 2.99. The lowest BCUT2D eigenvalue weighted by Gasteiger charge is -2.35. The normalized spacial score (nSPS) is 19.2. The van der Waals surface area contributed by atoms with Gasteiger partial charge in [-0.1, -0.05) is 30.3 Å². The number of hydrogen-bond acceptors (Lipinski definition) is 4. The van der Waals surface area contributed by atoms with Crippen LogP contribution in [0, 0.1) is 5.41 Å². The first-order valence-electron chi connectivity index (χ1n) is 9.55. The number of benzene rings is 1. The average molecular weight is 373 g/mol. The van der Waals surface area contributed by atoms with Crippen molar-refractivity contribution in [2.75, 3.05) is 32.8 Å². The fourth-order valence-electron chi connectivity index (χ4n) is 3.43. The van der Waals surface area contributed by atoms with Crippen molar-refractivity contribution in [2.24, 2.45) is 5.41 Å². The molecule has 0 spiro atoms. The fourth-order valence-corrected chi connectivity index (χ4v) is 3.43. The molecule has 3 rings (SSSR count).